The van der Waals surface area contributed by atoms with Crippen LogP contribution in [0.25, 0.3) is 0 Å². The quantitative estimate of drug-likeness (QED) is 0.826. The van der Waals surface area contributed by atoms with Gasteiger partial charge in [-0.25, -0.2) is 0 Å². The Kier molecular flexibility index (Phi) is 4.68. The predicted molar refractivity (Wildman–Crippen MR) is 104 cm³/mol. The Labute approximate surface area is 163 Å². The fourth-order valence-electron chi connectivity index (χ4n) is 6.84. The van der Waals surface area contributed by atoms with Gasteiger partial charge in [-0.15, -0.1) is 0 Å². The largest absolute Gasteiger partial charge is 0.322 e. The summed E-state index contributed by atoms with van der Waals surface area (Å²) in [6.45, 7) is 1.28. The SMILES string of the molecule is N#C[C@@H]1C[C@@H]2C[C@@H]2N1C(=O)[C@@H](N)C1C[C@@H]2CC[C@@H](C1)N2CC1CCCCC1. The van der Waals surface area contributed by atoms with E-state index in [1.165, 1.54) is 51.5 Å². The van der Waals surface area contributed by atoms with E-state index in [0.29, 0.717) is 30.0 Å². The molecule has 5 fully saturated rings. The third-order valence-electron chi connectivity index (χ3n) is 8.42. The van der Waals surface area contributed by atoms with Gasteiger partial charge in [-0.05, 0) is 69.1 Å². The molecular weight excluding hydrogens is 336 g/mol. The number of likely N-dealkylation sites (tertiary alicyclic amines) is 1. The van der Waals surface area contributed by atoms with Crippen molar-refractivity contribution < 1.29 is 4.79 Å². The van der Waals surface area contributed by atoms with E-state index in [2.05, 4.69) is 11.0 Å². The number of hydrogen-bond acceptors (Lipinski definition) is 4. The lowest BCUT2D eigenvalue weighted by Gasteiger charge is -2.43. The average Bonchev–Trinajstić information content (AvgIpc) is 3.31. The first-order valence-corrected chi connectivity index (χ1v) is 11.4. The van der Waals surface area contributed by atoms with Crippen molar-refractivity contribution in [1.82, 2.24) is 9.80 Å². The molecule has 5 heteroatoms. The topological polar surface area (TPSA) is 73.4 Å². The fourth-order valence-corrected chi connectivity index (χ4v) is 6.84. The van der Waals surface area contributed by atoms with E-state index in [4.69, 9.17) is 5.73 Å². The molecule has 5 aliphatic rings. The minimum absolute atomic E-state index is 0.0664. The van der Waals surface area contributed by atoms with Gasteiger partial charge in [0.25, 0.3) is 0 Å². The predicted octanol–water partition coefficient (Wildman–Crippen LogP) is 2.65. The zero-order valence-electron chi connectivity index (χ0n) is 16.4. The highest BCUT2D eigenvalue weighted by Gasteiger charge is 2.55. The Hall–Kier alpha value is -1.12. The summed E-state index contributed by atoms with van der Waals surface area (Å²) < 4.78 is 0. The van der Waals surface area contributed by atoms with Crippen molar-refractivity contribution in [3.63, 3.8) is 0 Å². The molecule has 1 amide bonds. The van der Waals surface area contributed by atoms with Gasteiger partial charge in [0.2, 0.25) is 5.91 Å². The standard InChI is InChI=1S/C22H34N4O/c23-12-19-8-15-11-20(15)26(19)22(27)21(24)16-9-17-6-7-18(10-16)25(17)13-14-4-2-1-3-5-14/h14-21H,1-11,13,24H2/t15-,17+,18+,19+,20+,21+/m1/s1. The average molecular weight is 371 g/mol. The maximum atomic E-state index is 13.1. The first-order chi connectivity index (χ1) is 13.2. The maximum absolute atomic E-state index is 13.1. The molecule has 2 saturated carbocycles. The molecule has 0 aromatic rings. The molecule has 2 N–H and O–H groups in total. The number of carbonyl (C=O) groups is 1. The van der Waals surface area contributed by atoms with Crippen molar-refractivity contribution in [2.24, 2.45) is 23.5 Å². The van der Waals surface area contributed by atoms with E-state index in [0.717, 1.165) is 31.6 Å². The van der Waals surface area contributed by atoms with Crippen LogP contribution in [0.2, 0.25) is 0 Å². The van der Waals surface area contributed by atoms with Gasteiger partial charge in [-0.2, -0.15) is 5.26 Å². The van der Waals surface area contributed by atoms with Crippen LogP contribution in [-0.2, 0) is 4.79 Å². The second-order valence-corrected chi connectivity index (χ2v) is 10.0. The molecule has 0 spiro atoms. The van der Waals surface area contributed by atoms with Crippen molar-refractivity contribution in [2.75, 3.05) is 6.54 Å². The number of amides is 1. The summed E-state index contributed by atoms with van der Waals surface area (Å²) in [5.41, 5.74) is 6.53. The Morgan fingerprint density at radius 2 is 1.74 bits per heavy atom. The molecule has 0 radical (unpaired) electrons. The van der Waals surface area contributed by atoms with Crippen LogP contribution in [-0.4, -0.2) is 52.5 Å². The fraction of sp³-hybridized carbons (Fsp3) is 0.909. The lowest BCUT2D eigenvalue weighted by molar-refractivity contribution is -0.135. The van der Waals surface area contributed by atoms with Crippen LogP contribution in [0, 0.1) is 29.1 Å². The van der Waals surface area contributed by atoms with Crippen LogP contribution in [0.15, 0.2) is 0 Å². The first kappa shape index (κ1) is 17.9. The van der Waals surface area contributed by atoms with Gasteiger partial charge in [0, 0.05) is 24.7 Å². The van der Waals surface area contributed by atoms with E-state index < -0.39 is 6.04 Å². The van der Waals surface area contributed by atoms with Crippen molar-refractivity contribution in [3.05, 3.63) is 0 Å². The van der Waals surface area contributed by atoms with Crippen LogP contribution in [0.3, 0.4) is 0 Å². The highest BCUT2D eigenvalue weighted by Crippen LogP contribution is 2.48. The van der Waals surface area contributed by atoms with E-state index >= 15 is 0 Å². The highest BCUT2D eigenvalue weighted by molar-refractivity contribution is 5.84. The summed E-state index contributed by atoms with van der Waals surface area (Å²) in [7, 11) is 0. The molecule has 3 aliphatic heterocycles. The lowest BCUT2D eigenvalue weighted by Crippen LogP contribution is -2.55. The zero-order chi connectivity index (χ0) is 18.5. The van der Waals surface area contributed by atoms with Gasteiger partial charge >= 0.3 is 0 Å². The maximum Gasteiger partial charge on any atom is 0.241 e. The molecule has 0 unspecified atom stereocenters. The second-order valence-electron chi connectivity index (χ2n) is 10.0. The van der Waals surface area contributed by atoms with Crippen LogP contribution in [0.5, 0.6) is 0 Å². The van der Waals surface area contributed by atoms with Crippen LogP contribution < -0.4 is 5.73 Å². The molecule has 2 aliphatic carbocycles. The number of nitrogens with zero attached hydrogens (tertiary/aromatic N) is 3. The van der Waals surface area contributed by atoms with Gasteiger partial charge in [0.1, 0.15) is 6.04 Å². The molecule has 3 saturated heterocycles. The van der Waals surface area contributed by atoms with Gasteiger partial charge in [0.15, 0.2) is 0 Å². The van der Waals surface area contributed by atoms with Crippen LogP contribution >= 0.6 is 0 Å². The Balaban J connectivity index is 1.21. The minimum Gasteiger partial charge on any atom is -0.322 e. The summed E-state index contributed by atoms with van der Waals surface area (Å²) in [4.78, 5) is 17.8. The van der Waals surface area contributed by atoms with Crippen molar-refractivity contribution >= 4 is 5.91 Å². The van der Waals surface area contributed by atoms with Crippen molar-refractivity contribution in [1.29, 1.82) is 5.26 Å². The molecular formula is C22H34N4O. The molecule has 0 aromatic carbocycles. The number of fused-ring (bicyclic) bond motifs is 3. The molecule has 5 rings (SSSR count). The number of piperidine rings is 2. The summed E-state index contributed by atoms with van der Waals surface area (Å²) in [6, 6.07) is 3.29. The number of nitriles is 1. The normalized spacial score (nSPS) is 42.6. The summed E-state index contributed by atoms with van der Waals surface area (Å²) in [5, 5.41) is 9.41. The van der Waals surface area contributed by atoms with E-state index in [1.807, 2.05) is 4.90 Å². The third kappa shape index (κ3) is 3.19. The van der Waals surface area contributed by atoms with Gasteiger partial charge in [0.05, 0.1) is 12.1 Å². The molecule has 27 heavy (non-hydrogen) atoms. The second kappa shape index (κ2) is 7.04. The number of hydrogen-bond donors (Lipinski definition) is 1. The summed E-state index contributed by atoms with van der Waals surface area (Å²) >= 11 is 0. The van der Waals surface area contributed by atoms with Crippen molar-refractivity contribution in [2.45, 2.75) is 101 Å². The smallest absolute Gasteiger partial charge is 0.241 e. The van der Waals surface area contributed by atoms with Gasteiger partial charge in [-0.3, -0.25) is 9.69 Å². The highest BCUT2D eigenvalue weighted by atomic mass is 16.2. The van der Waals surface area contributed by atoms with Crippen molar-refractivity contribution in [3.8, 4) is 6.07 Å². The molecule has 0 aromatic heterocycles. The molecule has 5 nitrogen and oxygen atoms in total. The van der Waals surface area contributed by atoms with Gasteiger partial charge < -0.3 is 10.6 Å². The third-order valence-corrected chi connectivity index (χ3v) is 8.42. The molecule has 6 atom stereocenters. The number of carbonyl (C=O) groups excluding carboxylic acids is 1. The lowest BCUT2D eigenvalue weighted by atomic mass is 9.82. The van der Waals surface area contributed by atoms with Crippen LogP contribution in [0.1, 0.15) is 70.6 Å². The van der Waals surface area contributed by atoms with Gasteiger partial charge in [-0.1, -0.05) is 19.3 Å². The summed E-state index contributed by atoms with van der Waals surface area (Å²) in [6.07, 6.45) is 13.7. The van der Waals surface area contributed by atoms with E-state index in [1.54, 1.807) is 0 Å². The van der Waals surface area contributed by atoms with Crippen LogP contribution in [0.4, 0.5) is 0 Å². The minimum atomic E-state index is -0.403. The molecule has 2 bridgehead atoms. The Morgan fingerprint density at radius 3 is 2.41 bits per heavy atom. The summed E-state index contributed by atoms with van der Waals surface area (Å²) in [5.74, 6) is 1.83. The zero-order valence-corrected chi connectivity index (χ0v) is 16.4. The number of nitrogens with two attached hydrogens (primary N) is 1. The Morgan fingerprint density at radius 1 is 1.04 bits per heavy atom. The van der Waals surface area contributed by atoms with E-state index in [-0.39, 0.29) is 11.9 Å². The number of rotatable bonds is 4. The van der Waals surface area contributed by atoms with E-state index in [9.17, 15) is 10.1 Å². The monoisotopic (exact) mass is 370 g/mol. The molecule has 148 valence electrons. The molecule has 3 heterocycles. The first-order valence-electron chi connectivity index (χ1n) is 11.4. The Bertz CT molecular complexity index is 610.